The van der Waals surface area contributed by atoms with Crippen LogP contribution in [0.1, 0.15) is 30.4 Å². The quantitative estimate of drug-likeness (QED) is 0.477. The Bertz CT molecular complexity index is 808. The summed E-state index contributed by atoms with van der Waals surface area (Å²) in [6, 6.07) is 22.9. The van der Waals surface area contributed by atoms with Crippen LogP contribution in [0.25, 0.3) is 10.8 Å². The molecular formula is C23H28ClNO2. The Morgan fingerprint density at radius 1 is 0.815 bits per heavy atom. The van der Waals surface area contributed by atoms with E-state index in [1.807, 2.05) is 18.2 Å². The molecule has 0 fully saturated rings. The molecule has 0 saturated carbocycles. The Morgan fingerprint density at radius 2 is 1.59 bits per heavy atom. The molecule has 2 N–H and O–H groups in total. The molecule has 0 aliphatic rings. The van der Waals surface area contributed by atoms with Gasteiger partial charge in [-0.05, 0) is 48.2 Å². The van der Waals surface area contributed by atoms with Crippen molar-refractivity contribution in [3.8, 4) is 5.75 Å². The number of aliphatic hydroxyl groups is 1. The summed E-state index contributed by atoms with van der Waals surface area (Å²) in [5.41, 5.74) is 2.38. The predicted molar refractivity (Wildman–Crippen MR) is 115 cm³/mol. The van der Waals surface area contributed by atoms with Crippen LogP contribution in [0.3, 0.4) is 0 Å². The van der Waals surface area contributed by atoms with Crippen LogP contribution in [0, 0.1) is 0 Å². The summed E-state index contributed by atoms with van der Waals surface area (Å²) in [6.45, 7) is 2.58. The van der Waals surface area contributed by atoms with E-state index in [1.54, 1.807) is 0 Å². The molecule has 0 heterocycles. The fourth-order valence-electron chi connectivity index (χ4n) is 3.12. The van der Waals surface area contributed by atoms with E-state index in [4.69, 9.17) is 9.84 Å². The third-order valence-corrected chi connectivity index (χ3v) is 4.55. The SMILES string of the molecule is Cl.OCCCCCNCc1c(OCc2ccccc2)ccc2ccccc12. The lowest BCUT2D eigenvalue weighted by molar-refractivity contribution is 0.282. The summed E-state index contributed by atoms with van der Waals surface area (Å²) in [7, 11) is 0. The van der Waals surface area contributed by atoms with E-state index >= 15 is 0 Å². The maximum Gasteiger partial charge on any atom is 0.124 e. The van der Waals surface area contributed by atoms with Crippen molar-refractivity contribution in [2.75, 3.05) is 13.2 Å². The molecule has 0 atom stereocenters. The lowest BCUT2D eigenvalue weighted by atomic mass is 10.0. The molecule has 0 bridgehead atoms. The van der Waals surface area contributed by atoms with Crippen LogP contribution >= 0.6 is 12.4 Å². The van der Waals surface area contributed by atoms with Gasteiger partial charge in [0.15, 0.2) is 0 Å². The highest BCUT2D eigenvalue weighted by Crippen LogP contribution is 2.28. The normalized spacial score (nSPS) is 10.6. The van der Waals surface area contributed by atoms with Crippen LogP contribution in [0.5, 0.6) is 5.75 Å². The number of fused-ring (bicyclic) bond motifs is 1. The molecule has 0 aliphatic carbocycles. The second-order valence-electron chi connectivity index (χ2n) is 6.50. The summed E-state index contributed by atoms with van der Waals surface area (Å²) in [6.07, 6.45) is 3.00. The van der Waals surface area contributed by atoms with Gasteiger partial charge in [0.05, 0.1) is 0 Å². The molecule has 0 radical (unpaired) electrons. The van der Waals surface area contributed by atoms with Crippen LogP contribution < -0.4 is 10.1 Å². The van der Waals surface area contributed by atoms with E-state index in [9.17, 15) is 0 Å². The Balaban J connectivity index is 0.00000261. The first kappa shape index (κ1) is 21.2. The van der Waals surface area contributed by atoms with Gasteiger partial charge in [-0.2, -0.15) is 0 Å². The zero-order valence-electron chi connectivity index (χ0n) is 15.6. The number of ether oxygens (including phenoxy) is 1. The minimum absolute atomic E-state index is 0. The molecule has 144 valence electrons. The number of hydrogen-bond donors (Lipinski definition) is 2. The molecule has 3 aromatic carbocycles. The van der Waals surface area contributed by atoms with Crippen LogP contribution in [0.15, 0.2) is 66.7 Å². The average molecular weight is 386 g/mol. The van der Waals surface area contributed by atoms with Crippen LogP contribution in [-0.2, 0) is 13.2 Å². The van der Waals surface area contributed by atoms with Crippen molar-refractivity contribution in [3.05, 3.63) is 77.9 Å². The Labute approximate surface area is 167 Å². The van der Waals surface area contributed by atoms with E-state index < -0.39 is 0 Å². The molecule has 3 nitrogen and oxygen atoms in total. The van der Waals surface area contributed by atoms with Crippen molar-refractivity contribution >= 4 is 23.2 Å². The van der Waals surface area contributed by atoms with Crippen molar-refractivity contribution in [3.63, 3.8) is 0 Å². The highest BCUT2D eigenvalue weighted by atomic mass is 35.5. The molecule has 0 saturated heterocycles. The van der Waals surface area contributed by atoms with E-state index in [0.29, 0.717) is 6.61 Å². The fourth-order valence-corrected chi connectivity index (χ4v) is 3.12. The Hall–Kier alpha value is -2.07. The van der Waals surface area contributed by atoms with E-state index in [2.05, 4.69) is 53.8 Å². The molecule has 3 aromatic rings. The standard InChI is InChI=1S/C23H27NO2.ClH/c25-16-8-2-7-15-24-17-22-21-12-6-5-11-20(21)13-14-23(22)26-18-19-9-3-1-4-10-19;/h1,3-6,9-14,24-25H,2,7-8,15-18H2;1H. The highest BCUT2D eigenvalue weighted by molar-refractivity contribution is 5.87. The van der Waals surface area contributed by atoms with Crippen molar-refractivity contribution < 1.29 is 9.84 Å². The van der Waals surface area contributed by atoms with Crippen molar-refractivity contribution in [2.45, 2.75) is 32.4 Å². The van der Waals surface area contributed by atoms with Crippen molar-refractivity contribution in [1.82, 2.24) is 5.32 Å². The first-order valence-electron chi connectivity index (χ1n) is 9.37. The van der Waals surface area contributed by atoms with Gasteiger partial charge in [-0.15, -0.1) is 12.4 Å². The molecular weight excluding hydrogens is 358 g/mol. The van der Waals surface area contributed by atoms with Gasteiger partial charge in [0.25, 0.3) is 0 Å². The number of aliphatic hydroxyl groups excluding tert-OH is 1. The summed E-state index contributed by atoms with van der Waals surface area (Å²) >= 11 is 0. The summed E-state index contributed by atoms with van der Waals surface area (Å²) < 4.78 is 6.15. The molecule has 4 heteroatoms. The molecule has 0 aromatic heterocycles. The number of halogens is 1. The minimum atomic E-state index is 0. The van der Waals surface area contributed by atoms with E-state index in [-0.39, 0.29) is 19.0 Å². The fraction of sp³-hybridized carbons (Fsp3) is 0.304. The van der Waals surface area contributed by atoms with Crippen LogP contribution in [0.4, 0.5) is 0 Å². The summed E-state index contributed by atoms with van der Waals surface area (Å²) in [4.78, 5) is 0. The van der Waals surface area contributed by atoms with Gasteiger partial charge in [-0.1, -0.05) is 60.7 Å². The first-order chi connectivity index (χ1) is 12.9. The monoisotopic (exact) mass is 385 g/mol. The maximum absolute atomic E-state index is 8.87. The number of rotatable bonds is 10. The number of benzene rings is 3. The largest absolute Gasteiger partial charge is 0.489 e. The van der Waals surface area contributed by atoms with Gasteiger partial charge in [-0.3, -0.25) is 0 Å². The van der Waals surface area contributed by atoms with Crippen LogP contribution in [0.2, 0.25) is 0 Å². The zero-order chi connectivity index (χ0) is 18.0. The molecule has 3 rings (SSSR count). The van der Waals surface area contributed by atoms with Gasteiger partial charge in [0, 0.05) is 18.7 Å². The number of unbranched alkanes of at least 4 members (excludes halogenated alkanes) is 2. The molecule has 27 heavy (non-hydrogen) atoms. The second-order valence-corrected chi connectivity index (χ2v) is 6.50. The molecule has 0 aliphatic heterocycles. The van der Waals surface area contributed by atoms with Crippen molar-refractivity contribution in [2.24, 2.45) is 0 Å². The van der Waals surface area contributed by atoms with E-state index in [1.165, 1.54) is 21.9 Å². The lowest BCUT2D eigenvalue weighted by Crippen LogP contribution is -2.16. The van der Waals surface area contributed by atoms with Gasteiger partial charge >= 0.3 is 0 Å². The molecule has 0 unspecified atom stereocenters. The van der Waals surface area contributed by atoms with Gasteiger partial charge in [-0.25, -0.2) is 0 Å². The number of hydrogen-bond acceptors (Lipinski definition) is 3. The lowest BCUT2D eigenvalue weighted by Gasteiger charge is -2.15. The predicted octanol–water partition coefficient (Wildman–Crippen LogP) is 5.09. The van der Waals surface area contributed by atoms with E-state index in [0.717, 1.165) is 38.1 Å². The maximum atomic E-state index is 8.87. The summed E-state index contributed by atoms with van der Waals surface area (Å²) in [5.74, 6) is 0.940. The molecule has 0 spiro atoms. The van der Waals surface area contributed by atoms with Gasteiger partial charge in [0.2, 0.25) is 0 Å². The van der Waals surface area contributed by atoms with Gasteiger partial charge in [0.1, 0.15) is 12.4 Å². The Morgan fingerprint density at radius 3 is 2.41 bits per heavy atom. The number of nitrogens with one attached hydrogen (secondary N) is 1. The third-order valence-electron chi connectivity index (χ3n) is 4.55. The molecule has 0 amide bonds. The summed E-state index contributed by atoms with van der Waals surface area (Å²) in [5, 5.41) is 14.9. The zero-order valence-corrected chi connectivity index (χ0v) is 16.4. The van der Waals surface area contributed by atoms with Gasteiger partial charge < -0.3 is 15.2 Å². The topological polar surface area (TPSA) is 41.5 Å². The highest BCUT2D eigenvalue weighted by Gasteiger charge is 2.09. The Kier molecular flexibility index (Phi) is 9.12. The smallest absolute Gasteiger partial charge is 0.124 e. The average Bonchev–Trinajstić information content (AvgIpc) is 2.70. The first-order valence-corrected chi connectivity index (χ1v) is 9.37. The minimum Gasteiger partial charge on any atom is -0.489 e. The van der Waals surface area contributed by atoms with Crippen molar-refractivity contribution in [1.29, 1.82) is 0 Å². The van der Waals surface area contributed by atoms with Crippen LogP contribution in [-0.4, -0.2) is 18.3 Å². The third kappa shape index (κ3) is 6.24. The second kappa shape index (κ2) is 11.6.